The van der Waals surface area contributed by atoms with Crippen LogP contribution in [0.4, 0.5) is 0 Å². The summed E-state index contributed by atoms with van der Waals surface area (Å²) in [6.07, 6.45) is 8.16. The third-order valence-electron chi connectivity index (χ3n) is 4.18. The highest BCUT2D eigenvalue weighted by molar-refractivity contribution is 4.84. The Morgan fingerprint density at radius 2 is 1.88 bits per heavy atom. The van der Waals surface area contributed by atoms with Gasteiger partial charge in [-0.1, -0.05) is 40.0 Å². The predicted molar refractivity (Wildman–Crippen MR) is 71.6 cm³/mol. The Hall–Kier alpha value is -0.0800. The van der Waals surface area contributed by atoms with Crippen molar-refractivity contribution in [1.29, 1.82) is 0 Å². The molecule has 0 spiro atoms. The van der Waals surface area contributed by atoms with E-state index in [1.165, 1.54) is 51.6 Å². The van der Waals surface area contributed by atoms with Crippen LogP contribution in [0.15, 0.2) is 0 Å². The standard InChI is InChI=1S/C14H30N2/c1-4-10-14(3,11-15)12-16(5-2)13-8-6-7-9-13/h13H,4-12,15H2,1-3H3. The van der Waals surface area contributed by atoms with Crippen LogP contribution < -0.4 is 5.73 Å². The maximum Gasteiger partial charge on any atom is 0.00953 e. The van der Waals surface area contributed by atoms with Crippen molar-refractivity contribution < 1.29 is 0 Å². The van der Waals surface area contributed by atoms with Crippen molar-refractivity contribution in [3.8, 4) is 0 Å². The third-order valence-corrected chi connectivity index (χ3v) is 4.18. The average Bonchev–Trinajstić information content (AvgIpc) is 2.80. The molecule has 0 saturated heterocycles. The predicted octanol–water partition coefficient (Wildman–Crippen LogP) is 3.02. The maximum atomic E-state index is 5.97. The van der Waals surface area contributed by atoms with Gasteiger partial charge in [0.25, 0.3) is 0 Å². The molecule has 1 rings (SSSR count). The average molecular weight is 226 g/mol. The van der Waals surface area contributed by atoms with Crippen LogP contribution in [0.3, 0.4) is 0 Å². The van der Waals surface area contributed by atoms with Gasteiger partial charge in [0.15, 0.2) is 0 Å². The van der Waals surface area contributed by atoms with Gasteiger partial charge < -0.3 is 10.6 Å². The molecule has 0 aromatic heterocycles. The number of rotatable bonds is 7. The zero-order valence-electron chi connectivity index (χ0n) is 11.5. The van der Waals surface area contributed by atoms with Crippen molar-refractivity contribution in [2.24, 2.45) is 11.1 Å². The zero-order chi connectivity index (χ0) is 12.0. The zero-order valence-corrected chi connectivity index (χ0v) is 11.5. The van der Waals surface area contributed by atoms with E-state index >= 15 is 0 Å². The summed E-state index contributed by atoms with van der Waals surface area (Å²) in [6, 6.07) is 0.840. The topological polar surface area (TPSA) is 29.3 Å². The van der Waals surface area contributed by atoms with Gasteiger partial charge in [-0.2, -0.15) is 0 Å². The van der Waals surface area contributed by atoms with Gasteiger partial charge in [0, 0.05) is 12.6 Å². The van der Waals surface area contributed by atoms with Crippen LogP contribution in [0, 0.1) is 5.41 Å². The van der Waals surface area contributed by atoms with E-state index in [4.69, 9.17) is 5.73 Å². The van der Waals surface area contributed by atoms with Gasteiger partial charge in [0.2, 0.25) is 0 Å². The van der Waals surface area contributed by atoms with Crippen LogP contribution in [0.25, 0.3) is 0 Å². The Bertz CT molecular complexity index is 187. The van der Waals surface area contributed by atoms with Gasteiger partial charge in [0.1, 0.15) is 0 Å². The van der Waals surface area contributed by atoms with Crippen LogP contribution in [-0.4, -0.2) is 30.6 Å². The van der Waals surface area contributed by atoms with Crippen molar-refractivity contribution in [3.63, 3.8) is 0 Å². The van der Waals surface area contributed by atoms with Gasteiger partial charge in [-0.3, -0.25) is 0 Å². The Morgan fingerprint density at radius 3 is 2.31 bits per heavy atom. The van der Waals surface area contributed by atoms with E-state index in [1.807, 2.05) is 0 Å². The molecular formula is C14H30N2. The molecule has 1 aliphatic carbocycles. The summed E-state index contributed by atoms with van der Waals surface area (Å²) in [6.45, 7) is 10.1. The van der Waals surface area contributed by atoms with Crippen molar-refractivity contribution in [1.82, 2.24) is 4.90 Å². The lowest BCUT2D eigenvalue weighted by molar-refractivity contribution is 0.123. The number of nitrogens with two attached hydrogens (primary N) is 1. The second-order valence-corrected chi connectivity index (χ2v) is 5.77. The summed E-state index contributed by atoms with van der Waals surface area (Å²) in [5.41, 5.74) is 6.29. The lowest BCUT2D eigenvalue weighted by atomic mass is 9.84. The summed E-state index contributed by atoms with van der Waals surface area (Å²) in [4.78, 5) is 2.68. The van der Waals surface area contributed by atoms with Gasteiger partial charge in [-0.05, 0) is 37.8 Å². The molecule has 0 aromatic rings. The lowest BCUT2D eigenvalue weighted by Crippen LogP contribution is -2.44. The minimum absolute atomic E-state index is 0.327. The maximum absolute atomic E-state index is 5.97. The third kappa shape index (κ3) is 3.74. The van der Waals surface area contributed by atoms with Crippen molar-refractivity contribution in [2.45, 2.75) is 65.3 Å². The molecule has 1 unspecified atom stereocenters. The highest BCUT2D eigenvalue weighted by atomic mass is 15.2. The molecule has 1 saturated carbocycles. The molecule has 1 atom stereocenters. The highest BCUT2D eigenvalue weighted by Crippen LogP contribution is 2.29. The Morgan fingerprint density at radius 1 is 1.25 bits per heavy atom. The molecule has 2 N–H and O–H groups in total. The summed E-state index contributed by atoms with van der Waals surface area (Å²) in [7, 11) is 0. The fourth-order valence-corrected chi connectivity index (χ4v) is 3.11. The van der Waals surface area contributed by atoms with E-state index in [-0.39, 0.29) is 0 Å². The number of nitrogens with zero attached hydrogens (tertiary/aromatic N) is 1. The summed E-state index contributed by atoms with van der Waals surface area (Å²) < 4.78 is 0. The first-order chi connectivity index (χ1) is 7.65. The Balaban J connectivity index is 2.52. The summed E-state index contributed by atoms with van der Waals surface area (Å²) in [5.74, 6) is 0. The second kappa shape index (κ2) is 6.61. The largest absolute Gasteiger partial charge is 0.330 e. The number of hydrogen-bond acceptors (Lipinski definition) is 2. The molecule has 96 valence electrons. The molecule has 16 heavy (non-hydrogen) atoms. The molecule has 0 radical (unpaired) electrons. The van der Waals surface area contributed by atoms with E-state index in [9.17, 15) is 0 Å². The number of hydrogen-bond donors (Lipinski definition) is 1. The molecule has 2 nitrogen and oxygen atoms in total. The van der Waals surface area contributed by atoms with E-state index in [0.717, 1.165) is 12.6 Å². The molecule has 0 aliphatic heterocycles. The minimum Gasteiger partial charge on any atom is -0.330 e. The molecule has 1 aliphatic rings. The normalized spacial score (nSPS) is 21.6. The highest BCUT2D eigenvalue weighted by Gasteiger charge is 2.29. The smallest absolute Gasteiger partial charge is 0.00953 e. The van der Waals surface area contributed by atoms with Gasteiger partial charge in [-0.25, -0.2) is 0 Å². The quantitative estimate of drug-likeness (QED) is 0.723. The molecular weight excluding hydrogens is 196 g/mol. The lowest BCUT2D eigenvalue weighted by Gasteiger charge is -2.37. The van der Waals surface area contributed by atoms with Crippen molar-refractivity contribution in [3.05, 3.63) is 0 Å². The van der Waals surface area contributed by atoms with Gasteiger partial charge in [-0.15, -0.1) is 0 Å². The Labute approximate surface area is 102 Å². The van der Waals surface area contributed by atoms with E-state index in [0.29, 0.717) is 5.41 Å². The molecule has 0 heterocycles. The molecule has 1 fully saturated rings. The summed E-state index contributed by atoms with van der Waals surface area (Å²) >= 11 is 0. The SMILES string of the molecule is CCCC(C)(CN)CN(CC)C1CCCC1. The molecule has 0 amide bonds. The van der Waals surface area contributed by atoms with Crippen molar-refractivity contribution >= 4 is 0 Å². The van der Waals surface area contributed by atoms with Crippen molar-refractivity contribution in [2.75, 3.05) is 19.6 Å². The van der Waals surface area contributed by atoms with Crippen LogP contribution >= 0.6 is 0 Å². The van der Waals surface area contributed by atoms with E-state index in [1.54, 1.807) is 0 Å². The van der Waals surface area contributed by atoms with E-state index in [2.05, 4.69) is 25.7 Å². The molecule has 0 aromatic carbocycles. The first-order valence-electron chi connectivity index (χ1n) is 7.09. The summed E-state index contributed by atoms with van der Waals surface area (Å²) in [5, 5.41) is 0. The first-order valence-corrected chi connectivity index (χ1v) is 7.09. The first kappa shape index (κ1) is 14.0. The van der Waals surface area contributed by atoms with Crippen LogP contribution in [0.1, 0.15) is 59.3 Å². The van der Waals surface area contributed by atoms with Gasteiger partial charge >= 0.3 is 0 Å². The van der Waals surface area contributed by atoms with Crippen LogP contribution in [-0.2, 0) is 0 Å². The fourth-order valence-electron chi connectivity index (χ4n) is 3.11. The fraction of sp³-hybridized carbons (Fsp3) is 1.00. The Kier molecular flexibility index (Phi) is 5.77. The van der Waals surface area contributed by atoms with Crippen LogP contribution in [0.5, 0.6) is 0 Å². The minimum atomic E-state index is 0.327. The van der Waals surface area contributed by atoms with Crippen LogP contribution in [0.2, 0.25) is 0 Å². The molecule has 2 heteroatoms. The van der Waals surface area contributed by atoms with Gasteiger partial charge in [0.05, 0.1) is 0 Å². The van der Waals surface area contributed by atoms with E-state index < -0.39 is 0 Å². The second-order valence-electron chi connectivity index (χ2n) is 5.77. The monoisotopic (exact) mass is 226 g/mol. The molecule has 0 bridgehead atoms.